The van der Waals surface area contributed by atoms with Crippen LogP contribution < -0.4 is 10.2 Å². The number of fused-ring (bicyclic) bond motifs is 1. The van der Waals surface area contributed by atoms with Gasteiger partial charge in [0.1, 0.15) is 5.82 Å². The lowest BCUT2D eigenvalue weighted by Crippen LogP contribution is -2.43. The number of alkyl halides is 3. The maximum Gasteiger partial charge on any atom is 0.453 e. The molecule has 1 aliphatic heterocycles. The number of rotatable bonds is 6. The minimum absolute atomic E-state index is 0.0341. The second kappa shape index (κ2) is 9.13. The lowest BCUT2D eigenvalue weighted by molar-refractivity contribution is -0.146. The van der Waals surface area contributed by atoms with Crippen LogP contribution in [0.2, 0.25) is 0 Å². The molecule has 4 rings (SSSR count). The normalized spacial score (nSPS) is 16.3. The number of aryl methyl sites for hydroxylation is 1. The van der Waals surface area contributed by atoms with Crippen LogP contribution in [-0.4, -0.2) is 44.8 Å². The van der Waals surface area contributed by atoms with Gasteiger partial charge in [-0.15, -0.1) is 15.3 Å². The highest BCUT2D eigenvalue weighted by atomic mass is 19.4. The van der Waals surface area contributed by atoms with Gasteiger partial charge in [0, 0.05) is 25.0 Å². The van der Waals surface area contributed by atoms with E-state index in [1.165, 1.54) is 11.6 Å². The molecule has 32 heavy (non-hydrogen) atoms. The number of hydrogen-bond donors (Lipinski definition) is 1. The Labute approximate surface area is 183 Å². The molecule has 1 atom stereocenters. The van der Waals surface area contributed by atoms with E-state index in [0.717, 1.165) is 17.4 Å². The molecule has 0 spiro atoms. The predicted molar refractivity (Wildman–Crippen MR) is 113 cm³/mol. The molecular formula is C22H25F3N6O. The summed E-state index contributed by atoms with van der Waals surface area (Å²) in [5.41, 5.74) is 1.29. The van der Waals surface area contributed by atoms with Crippen molar-refractivity contribution in [3.63, 3.8) is 0 Å². The molecule has 1 aliphatic rings. The quantitative estimate of drug-likeness (QED) is 0.627. The van der Waals surface area contributed by atoms with E-state index in [2.05, 4.69) is 32.7 Å². The van der Waals surface area contributed by atoms with Gasteiger partial charge in [-0.25, -0.2) is 0 Å². The second-order valence-corrected chi connectivity index (χ2v) is 8.18. The number of anilines is 1. The zero-order chi connectivity index (χ0) is 22.7. The third-order valence-corrected chi connectivity index (χ3v) is 5.79. The Morgan fingerprint density at radius 1 is 1.12 bits per heavy atom. The van der Waals surface area contributed by atoms with E-state index in [1.807, 2.05) is 30.0 Å². The molecule has 10 heteroatoms. The van der Waals surface area contributed by atoms with Gasteiger partial charge < -0.3 is 10.2 Å². The summed E-state index contributed by atoms with van der Waals surface area (Å²) in [5, 5.41) is 13.9. The molecule has 0 bridgehead atoms. The highest BCUT2D eigenvalue weighted by Gasteiger charge is 2.38. The van der Waals surface area contributed by atoms with Crippen molar-refractivity contribution < 1.29 is 18.0 Å². The molecule has 7 nitrogen and oxygen atoms in total. The Balaban J connectivity index is 1.31. The van der Waals surface area contributed by atoms with Gasteiger partial charge in [-0.05, 0) is 50.3 Å². The smallest absolute Gasteiger partial charge is 0.355 e. The monoisotopic (exact) mass is 446 g/mol. The van der Waals surface area contributed by atoms with Gasteiger partial charge in [0.05, 0.1) is 0 Å². The molecule has 0 radical (unpaired) electrons. The molecule has 1 amide bonds. The lowest BCUT2D eigenvalue weighted by atomic mass is 9.95. The standard InChI is InChI=1S/C22H25F3N6O/c1-15(7-8-16-5-3-2-4-6-16)26-20(32)17-11-13-30(14-12-17)19-10-9-18-27-28-21(22(23,24)25)31(18)29-19/h2-6,9-10,15,17H,7-8,11-14H2,1H3,(H,26,32)/t15-/m1/s1. The van der Waals surface area contributed by atoms with Gasteiger partial charge >= 0.3 is 6.18 Å². The van der Waals surface area contributed by atoms with Crippen LogP contribution >= 0.6 is 0 Å². The summed E-state index contributed by atoms with van der Waals surface area (Å²) in [5.74, 6) is -0.812. The first-order valence-corrected chi connectivity index (χ1v) is 10.7. The molecule has 1 N–H and O–H groups in total. The number of carbonyl (C=O) groups excluding carboxylic acids is 1. The summed E-state index contributed by atoms with van der Waals surface area (Å²) >= 11 is 0. The average molecular weight is 446 g/mol. The van der Waals surface area contributed by atoms with E-state index in [1.54, 1.807) is 6.07 Å². The fraction of sp³-hybridized carbons (Fsp3) is 0.455. The zero-order valence-electron chi connectivity index (χ0n) is 17.7. The molecular weight excluding hydrogens is 421 g/mol. The van der Waals surface area contributed by atoms with E-state index < -0.39 is 12.0 Å². The molecule has 3 aromatic rings. The van der Waals surface area contributed by atoms with Crippen LogP contribution in [0.25, 0.3) is 5.65 Å². The largest absolute Gasteiger partial charge is 0.453 e. The summed E-state index contributed by atoms with van der Waals surface area (Å²) in [4.78, 5) is 14.6. The minimum Gasteiger partial charge on any atom is -0.355 e. The Kier molecular flexibility index (Phi) is 6.29. The minimum atomic E-state index is -4.63. The molecule has 3 heterocycles. The average Bonchev–Trinajstić information content (AvgIpc) is 3.22. The van der Waals surface area contributed by atoms with Gasteiger partial charge in [-0.3, -0.25) is 4.79 Å². The first-order chi connectivity index (χ1) is 15.3. The van der Waals surface area contributed by atoms with E-state index in [4.69, 9.17) is 0 Å². The maximum atomic E-state index is 13.1. The highest BCUT2D eigenvalue weighted by molar-refractivity contribution is 5.79. The summed E-state index contributed by atoms with van der Waals surface area (Å²) in [7, 11) is 0. The van der Waals surface area contributed by atoms with E-state index in [-0.39, 0.29) is 23.5 Å². The fourth-order valence-electron chi connectivity index (χ4n) is 3.96. The van der Waals surface area contributed by atoms with E-state index in [9.17, 15) is 18.0 Å². The van der Waals surface area contributed by atoms with Crippen molar-refractivity contribution in [1.82, 2.24) is 25.1 Å². The molecule has 0 unspecified atom stereocenters. The molecule has 1 aromatic carbocycles. The maximum absolute atomic E-state index is 13.1. The number of halogens is 3. The second-order valence-electron chi connectivity index (χ2n) is 8.18. The number of hydrogen-bond acceptors (Lipinski definition) is 5. The molecule has 0 saturated carbocycles. The van der Waals surface area contributed by atoms with Crippen molar-refractivity contribution in [3.8, 4) is 0 Å². The summed E-state index contributed by atoms with van der Waals surface area (Å²) in [6.45, 7) is 3.09. The number of aromatic nitrogens is 4. The van der Waals surface area contributed by atoms with Crippen LogP contribution in [0.15, 0.2) is 42.5 Å². The predicted octanol–water partition coefficient (Wildman–Crippen LogP) is 3.50. The number of carbonyl (C=O) groups is 1. The van der Waals surface area contributed by atoms with Crippen LogP contribution in [-0.2, 0) is 17.4 Å². The molecule has 170 valence electrons. The topological polar surface area (TPSA) is 75.4 Å². The Hall–Kier alpha value is -3.17. The lowest BCUT2D eigenvalue weighted by Gasteiger charge is -2.32. The Morgan fingerprint density at radius 2 is 1.84 bits per heavy atom. The Morgan fingerprint density at radius 3 is 2.53 bits per heavy atom. The van der Waals surface area contributed by atoms with Crippen LogP contribution in [0, 0.1) is 5.92 Å². The number of nitrogens with one attached hydrogen (secondary N) is 1. The fourth-order valence-corrected chi connectivity index (χ4v) is 3.96. The van der Waals surface area contributed by atoms with Gasteiger partial charge in [0.2, 0.25) is 5.91 Å². The van der Waals surface area contributed by atoms with Crippen molar-refractivity contribution >= 4 is 17.4 Å². The number of amides is 1. The summed E-state index contributed by atoms with van der Waals surface area (Å²) in [6.07, 6.45) is -1.64. The molecule has 1 saturated heterocycles. The molecule has 1 fully saturated rings. The van der Waals surface area contributed by atoms with Crippen molar-refractivity contribution in [2.45, 2.75) is 44.8 Å². The van der Waals surface area contributed by atoms with Crippen LogP contribution in [0.1, 0.15) is 37.6 Å². The number of piperidine rings is 1. The zero-order valence-corrected chi connectivity index (χ0v) is 17.7. The van der Waals surface area contributed by atoms with Gasteiger partial charge in [-0.2, -0.15) is 17.7 Å². The van der Waals surface area contributed by atoms with E-state index in [0.29, 0.717) is 31.7 Å². The molecule has 2 aromatic heterocycles. The SMILES string of the molecule is C[C@H](CCc1ccccc1)NC(=O)C1CCN(c2ccc3nnc(C(F)(F)F)n3n2)CC1. The summed E-state index contributed by atoms with van der Waals surface area (Å²) in [6, 6.07) is 13.3. The van der Waals surface area contributed by atoms with E-state index >= 15 is 0 Å². The van der Waals surface area contributed by atoms with Gasteiger partial charge in [0.25, 0.3) is 5.82 Å². The number of benzene rings is 1. The third-order valence-electron chi connectivity index (χ3n) is 5.79. The first kappa shape index (κ1) is 22.0. The first-order valence-electron chi connectivity index (χ1n) is 10.7. The van der Waals surface area contributed by atoms with Crippen LogP contribution in [0.4, 0.5) is 19.0 Å². The van der Waals surface area contributed by atoms with Crippen molar-refractivity contribution in [2.75, 3.05) is 18.0 Å². The van der Waals surface area contributed by atoms with Crippen LogP contribution in [0.3, 0.4) is 0 Å². The highest BCUT2D eigenvalue weighted by Crippen LogP contribution is 2.28. The van der Waals surface area contributed by atoms with Crippen molar-refractivity contribution in [3.05, 3.63) is 53.9 Å². The summed E-state index contributed by atoms with van der Waals surface area (Å²) < 4.78 is 40.0. The number of nitrogens with zero attached hydrogens (tertiary/aromatic N) is 5. The molecule has 0 aliphatic carbocycles. The Bertz CT molecular complexity index is 1060. The third kappa shape index (κ3) is 5.00. The van der Waals surface area contributed by atoms with Crippen molar-refractivity contribution in [1.29, 1.82) is 0 Å². The van der Waals surface area contributed by atoms with Crippen LogP contribution in [0.5, 0.6) is 0 Å². The van der Waals surface area contributed by atoms with Gasteiger partial charge in [0.15, 0.2) is 5.65 Å². The van der Waals surface area contributed by atoms with Gasteiger partial charge in [-0.1, -0.05) is 30.3 Å². The van der Waals surface area contributed by atoms with Crippen molar-refractivity contribution in [2.24, 2.45) is 5.92 Å².